The average molecular weight is 177 g/mol. The van der Waals surface area contributed by atoms with Gasteiger partial charge in [-0.05, 0) is 0 Å². The predicted octanol–water partition coefficient (Wildman–Crippen LogP) is 1.29. The molecule has 0 fully saturated rings. The fourth-order valence-corrected chi connectivity index (χ4v) is 0.948. The van der Waals surface area contributed by atoms with Crippen LogP contribution in [-0.2, 0) is 0 Å². The number of ether oxygens (including phenoxy) is 1. The first kappa shape index (κ1) is 4.83. The molecule has 0 bridgehead atoms. The van der Waals surface area contributed by atoms with Crippen molar-refractivity contribution >= 4 is 11.6 Å². The van der Waals surface area contributed by atoms with E-state index >= 15 is 0 Å². The second-order valence-electron chi connectivity index (χ2n) is 2.01. The summed E-state index contributed by atoms with van der Waals surface area (Å²) in [6, 6.07) is 1.28. The van der Waals surface area contributed by atoms with Crippen molar-refractivity contribution in [3.8, 4) is 5.75 Å². The third kappa shape index (κ3) is 1.38. The van der Waals surface area contributed by atoms with E-state index in [1.807, 2.05) is 0 Å². The van der Waals surface area contributed by atoms with Crippen molar-refractivity contribution < 1.29 is 13.6 Å². The molecule has 1 heterocycles. The Bertz CT molecular complexity index is 354. The topological polar surface area (TPSA) is 36.2 Å². The highest BCUT2D eigenvalue weighted by Crippen LogP contribution is 2.24. The van der Waals surface area contributed by atoms with E-state index in [9.17, 15) is 5.21 Å². The summed E-state index contributed by atoms with van der Waals surface area (Å²) in [4.78, 5) is 0. The Labute approximate surface area is 74.0 Å². The molecule has 0 aliphatic carbocycles. The van der Waals surface area contributed by atoms with Crippen LogP contribution in [0, 0.1) is 12.1 Å². The van der Waals surface area contributed by atoms with Crippen molar-refractivity contribution in [1.29, 1.82) is 0 Å². The standard InChI is InChI=1S/C7H8ClNO2/c1-5-7(11-2)6(8)3-4-9(5)10/h3-4H,1-2H3/i2D3. The highest BCUT2D eigenvalue weighted by molar-refractivity contribution is 6.32. The lowest BCUT2D eigenvalue weighted by Gasteiger charge is -2.05. The summed E-state index contributed by atoms with van der Waals surface area (Å²) in [5.41, 5.74) is 0.119. The molecule has 4 heteroatoms. The van der Waals surface area contributed by atoms with Crippen molar-refractivity contribution in [3.63, 3.8) is 0 Å². The molecular weight excluding hydrogens is 166 g/mol. The summed E-state index contributed by atoms with van der Waals surface area (Å²) in [6.07, 6.45) is 1.18. The van der Waals surface area contributed by atoms with Crippen LogP contribution < -0.4 is 9.47 Å². The van der Waals surface area contributed by atoms with Gasteiger partial charge in [-0.25, -0.2) is 0 Å². The molecule has 0 unspecified atom stereocenters. The Balaban J connectivity index is 3.13. The lowest BCUT2D eigenvalue weighted by atomic mass is 10.3. The van der Waals surface area contributed by atoms with Gasteiger partial charge in [0, 0.05) is 13.0 Å². The molecule has 3 nitrogen and oxygen atoms in total. The third-order valence-electron chi connectivity index (χ3n) is 1.33. The Hall–Kier alpha value is -0.960. The van der Waals surface area contributed by atoms with E-state index in [-0.39, 0.29) is 16.5 Å². The molecule has 60 valence electrons. The summed E-state index contributed by atoms with van der Waals surface area (Å²) in [6.45, 7) is 1.43. The zero-order valence-corrected chi connectivity index (χ0v) is 6.55. The minimum absolute atomic E-state index is 0.103. The molecule has 0 radical (unpaired) electrons. The number of pyridine rings is 1. The van der Waals surface area contributed by atoms with Crippen LogP contribution in [0.5, 0.6) is 5.75 Å². The zero-order chi connectivity index (χ0) is 10.9. The number of hydrogen-bond acceptors (Lipinski definition) is 2. The lowest BCUT2D eigenvalue weighted by molar-refractivity contribution is -0.612. The Morgan fingerprint density at radius 3 is 3.18 bits per heavy atom. The van der Waals surface area contributed by atoms with Crippen LogP contribution >= 0.6 is 11.6 Å². The molecule has 11 heavy (non-hydrogen) atoms. The molecule has 0 aliphatic heterocycles. The van der Waals surface area contributed by atoms with E-state index in [0.717, 1.165) is 0 Å². The van der Waals surface area contributed by atoms with Crippen molar-refractivity contribution in [1.82, 2.24) is 0 Å². The molecule has 0 saturated carbocycles. The van der Waals surface area contributed by atoms with E-state index in [2.05, 4.69) is 4.74 Å². The van der Waals surface area contributed by atoms with Crippen LogP contribution in [0.3, 0.4) is 0 Å². The van der Waals surface area contributed by atoms with Gasteiger partial charge >= 0.3 is 0 Å². The molecule has 1 aromatic heterocycles. The molecule has 0 N–H and O–H groups in total. The normalized spacial score (nSPS) is 14.9. The third-order valence-corrected chi connectivity index (χ3v) is 1.63. The molecule has 0 amide bonds. The van der Waals surface area contributed by atoms with Gasteiger partial charge in [0.1, 0.15) is 0 Å². The first-order valence-electron chi connectivity index (χ1n) is 4.38. The van der Waals surface area contributed by atoms with Crippen LogP contribution in [0.1, 0.15) is 9.81 Å². The second kappa shape index (κ2) is 2.96. The van der Waals surface area contributed by atoms with Crippen molar-refractivity contribution in [2.24, 2.45) is 0 Å². The summed E-state index contributed by atoms with van der Waals surface area (Å²) < 4.78 is 25.7. The van der Waals surface area contributed by atoms with E-state index in [1.54, 1.807) is 0 Å². The number of rotatable bonds is 1. The Kier molecular flexibility index (Phi) is 1.30. The Morgan fingerprint density at radius 2 is 2.55 bits per heavy atom. The largest absolute Gasteiger partial charge is 0.618 e. The summed E-state index contributed by atoms with van der Waals surface area (Å²) >= 11 is 5.68. The maximum Gasteiger partial charge on any atom is 0.233 e. The summed E-state index contributed by atoms with van der Waals surface area (Å²) in [7, 11) is -2.61. The number of hydrogen-bond donors (Lipinski definition) is 0. The predicted molar refractivity (Wildman–Crippen MR) is 41.7 cm³/mol. The van der Waals surface area contributed by atoms with Crippen LogP contribution in [0.2, 0.25) is 5.02 Å². The monoisotopic (exact) mass is 176 g/mol. The highest BCUT2D eigenvalue weighted by Gasteiger charge is 2.11. The van der Waals surface area contributed by atoms with Gasteiger partial charge in [-0.15, -0.1) is 0 Å². The fraction of sp³-hybridized carbons (Fsp3) is 0.286. The summed E-state index contributed by atoms with van der Waals surface area (Å²) in [5.74, 6) is -0.107. The molecule has 1 rings (SSSR count). The minimum Gasteiger partial charge on any atom is -0.618 e. The molecule has 0 spiro atoms. The maximum atomic E-state index is 11.1. The van der Waals surface area contributed by atoms with Gasteiger partial charge in [0.05, 0.1) is 16.2 Å². The quantitative estimate of drug-likeness (QED) is 0.478. The lowest BCUT2D eigenvalue weighted by Crippen LogP contribution is -2.29. The van der Waals surface area contributed by atoms with E-state index in [1.165, 1.54) is 19.2 Å². The van der Waals surface area contributed by atoms with Gasteiger partial charge in [-0.1, -0.05) is 11.6 Å². The zero-order valence-electron chi connectivity index (χ0n) is 8.80. The fourth-order valence-electron chi connectivity index (χ4n) is 0.716. The first-order valence-corrected chi connectivity index (χ1v) is 3.26. The van der Waals surface area contributed by atoms with Crippen LogP contribution in [0.15, 0.2) is 12.3 Å². The highest BCUT2D eigenvalue weighted by atomic mass is 35.5. The number of nitrogens with zero attached hydrogens (tertiary/aromatic N) is 1. The molecule has 0 aliphatic rings. The van der Waals surface area contributed by atoms with Gasteiger partial charge in [0.15, 0.2) is 6.20 Å². The molecule has 0 saturated heterocycles. The molecular formula is C7H8ClNO2. The van der Waals surface area contributed by atoms with Crippen molar-refractivity contribution in [2.45, 2.75) is 6.92 Å². The van der Waals surface area contributed by atoms with E-state index in [0.29, 0.717) is 4.73 Å². The van der Waals surface area contributed by atoms with Gasteiger partial charge in [0.2, 0.25) is 11.4 Å². The number of methoxy groups -OCH3 is 1. The summed E-state index contributed by atoms with van der Waals surface area (Å²) in [5, 5.41) is 11.2. The van der Waals surface area contributed by atoms with E-state index in [4.69, 9.17) is 15.7 Å². The minimum atomic E-state index is -2.61. The SMILES string of the molecule is [2H]C([2H])([2H])Oc1c(Cl)cc[n+]([O-])c1C. The molecule has 0 atom stereocenters. The van der Waals surface area contributed by atoms with Crippen molar-refractivity contribution in [3.05, 3.63) is 28.2 Å². The molecule has 1 aromatic rings. The van der Waals surface area contributed by atoms with Crippen molar-refractivity contribution in [2.75, 3.05) is 7.04 Å². The molecule has 0 aromatic carbocycles. The van der Waals surface area contributed by atoms with Crippen LogP contribution in [0.25, 0.3) is 0 Å². The van der Waals surface area contributed by atoms with Crippen LogP contribution in [0.4, 0.5) is 0 Å². The van der Waals surface area contributed by atoms with Gasteiger partial charge in [-0.3, -0.25) is 0 Å². The van der Waals surface area contributed by atoms with Gasteiger partial charge < -0.3 is 9.94 Å². The smallest absolute Gasteiger partial charge is 0.233 e. The second-order valence-corrected chi connectivity index (χ2v) is 2.41. The van der Waals surface area contributed by atoms with E-state index < -0.39 is 7.04 Å². The van der Waals surface area contributed by atoms with Gasteiger partial charge in [0.25, 0.3) is 0 Å². The van der Waals surface area contributed by atoms with Gasteiger partial charge in [-0.2, -0.15) is 4.73 Å². The average Bonchev–Trinajstić information content (AvgIpc) is 2.04. The maximum absolute atomic E-state index is 11.1. The number of halogens is 1. The number of aromatic nitrogens is 1. The first-order chi connectivity index (χ1) is 6.31. The Morgan fingerprint density at radius 1 is 1.82 bits per heavy atom. The van der Waals surface area contributed by atoms with Crippen LogP contribution in [-0.4, -0.2) is 7.04 Å².